The Labute approximate surface area is 50.8 Å². The van der Waals surface area contributed by atoms with E-state index >= 15 is 0 Å². The van der Waals surface area contributed by atoms with Gasteiger partial charge in [-0.3, -0.25) is 4.21 Å². The Morgan fingerprint density at radius 1 is 1.12 bits per heavy atom. The molecule has 0 radical (unpaired) electrons. The molecule has 0 saturated heterocycles. The van der Waals surface area contributed by atoms with Crippen molar-refractivity contribution in [2.45, 2.75) is 0 Å². The first kappa shape index (κ1) is 8.07. The summed E-state index contributed by atoms with van der Waals surface area (Å²) in [5, 5.41) is 16.4. The molecule has 0 rings (SSSR count). The van der Waals surface area contributed by atoms with Gasteiger partial charge in [0.1, 0.15) is 0 Å². The van der Waals surface area contributed by atoms with E-state index in [0.717, 1.165) is 0 Å². The molecule has 8 heavy (non-hydrogen) atoms. The van der Waals surface area contributed by atoms with Crippen LogP contribution in [0.15, 0.2) is 0 Å². The fourth-order valence-corrected chi connectivity index (χ4v) is 0.917. The van der Waals surface area contributed by atoms with Crippen LogP contribution in [-0.4, -0.2) is 39.1 Å². The third kappa shape index (κ3) is 4.23. The number of aliphatic hydroxyl groups is 2. The van der Waals surface area contributed by atoms with Gasteiger partial charge in [0, 0.05) is 22.3 Å². The van der Waals surface area contributed by atoms with Gasteiger partial charge in [0.15, 0.2) is 0 Å². The highest BCUT2D eigenvalue weighted by Crippen LogP contribution is 1.77. The van der Waals surface area contributed by atoms with Gasteiger partial charge in [-0.25, -0.2) is 0 Å². The van der Waals surface area contributed by atoms with Crippen molar-refractivity contribution < 1.29 is 14.4 Å². The summed E-state index contributed by atoms with van der Waals surface area (Å²) in [6, 6.07) is 0. The lowest BCUT2D eigenvalue weighted by Crippen LogP contribution is -2.08. The van der Waals surface area contributed by atoms with Crippen molar-refractivity contribution in [1.29, 1.82) is 0 Å². The lowest BCUT2D eigenvalue weighted by Gasteiger charge is -1.92. The summed E-state index contributed by atoms with van der Waals surface area (Å²) in [7, 11) is -1.02. The van der Waals surface area contributed by atoms with E-state index in [-0.39, 0.29) is 24.7 Å². The van der Waals surface area contributed by atoms with E-state index in [2.05, 4.69) is 0 Å². The minimum Gasteiger partial charge on any atom is -0.395 e. The third-order valence-electron chi connectivity index (χ3n) is 0.638. The normalized spacial score (nSPS) is 10.4. The van der Waals surface area contributed by atoms with Crippen molar-refractivity contribution in [2.24, 2.45) is 0 Å². The van der Waals surface area contributed by atoms with Crippen LogP contribution in [0.25, 0.3) is 0 Å². The molecule has 0 atom stereocenters. The molecule has 0 aromatic carbocycles. The minimum absolute atomic E-state index is 0.0629. The Morgan fingerprint density at radius 3 is 1.75 bits per heavy atom. The molecule has 0 spiro atoms. The summed E-state index contributed by atoms with van der Waals surface area (Å²) >= 11 is 0. The van der Waals surface area contributed by atoms with Gasteiger partial charge < -0.3 is 10.2 Å². The maximum absolute atomic E-state index is 10.4. The first-order chi connectivity index (χ1) is 3.81. The monoisotopic (exact) mass is 138 g/mol. The molecule has 0 aromatic rings. The summed E-state index contributed by atoms with van der Waals surface area (Å²) in [4.78, 5) is 0. The van der Waals surface area contributed by atoms with Gasteiger partial charge in [0.2, 0.25) is 0 Å². The van der Waals surface area contributed by atoms with Crippen LogP contribution in [0.2, 0.25) is 0 Å². The summed E-state index contributed by atoms with van der Waals surface area (Å²) in [5.41, 5.74) is 0. The van der Waals surface area contributed by atoms with Gasteiger partial charge in [-0.2, -0.15) is 0 Å². The molecule has 0 aromatic heterocycles. The van der Waals surface area contributed by atoms with Crippen LogP contribution in [0.5, 0.6) is 0 Å². The Balaban J connectivity index is 3.06. The fourth-order valence-electron chi connectivity index (χ4n) is 0.306. The van der Waals surface area contributed by atoms with Crippen LogP contribution in [0.3, 0.4) is 0 Å². The molecule has 0 amide bonds. The predicted molar refractivity (Wildman–Crippen MR) is 32.0 cm³/mol. The molecule has 0 heterocycles. The Hall–Kier alpha value is 0.0700. The summed E-state index contributed by atoms with van der Waals surface area (Å²) in [6.07, 6.45) is 0. The zero-order valence-electron chi connectivity index (χ0n) is 4.54. The first-order valence-electron chi connectivity index (χ1n) is 2.38. The Bertz CT molecular complexity index is 65.7. The topological polar surface area (TPSA) is 57.5 Å². The third-order valence-corrected chi connectivity index (χ3v) is 1.91. The van der Waals surface area contributed by atoms with E-state index < -0.39 is 10.8 Å². The number of hydrogen-bond acceptors (Lipinski definition) is 3. The maximum atomic E-state index is 10.4. The van der Waals surface area contributed by atoms with Gasteiger partial charge in [-0.15, -0.1) is 0 Å². The number of rotatable bonds is 4. The largest absolute Gasteiger partial charge is 0.395 e. The van der Waals surface area contributed by atoms with Gasteiger partial charge in [0.05, 0.1) is 13.2 Å². The lowest BCUT2D eigenvalue weighted by molar-refractivity contribution is 0.315. The van der Waals surface area contributed by atoms with Crippen LogP contribution < -0.4 is 0 Å². The highest BCUT2D eigenvalue weighted by Gasteiger charge is 1.93. The van der Waals surface area contributed by atoms with Crippen molar-refractivity contribution in [3.63, 3.8) is 0 Å². The van der Waals surface area contributed by atoms with Gasteiger partial charge in [-0.05, 0) is 0 Å². The zero-order chi connectivity index (χ0) is 6.41. The van der Waals surface area contributed by atoms with Gasteiger partial charge >= 0.3 is 0 Å². The summed E-state index contributed by atoms with van der Waals surface area (Å²) in [5.74, 6) is 0.557. The van der Waals surface area contributed by atoms with Crippen molar-refractivity contribution in [3.8, 4) is 0 Å². The van der Waals surface area contributed by atoms with Crippen LogP contribution in [-0.2, 0) is 10.8 Å². The molecular weight excluding hydrogens is 128 g/mol. The maximum Gasteiger partial charge on any atom is 0.0546 e. The van der Waals surface area contributed by atoms with Crippen molar-refractivity contribution in [3.05, 3.63) is 0 Å². The highest BCUT2D eigenvalue weighted by molar-refractivity contribution is 7.85. The standard InChI is InChI=1S/C4H10O3S/c5-1-3-8(7)4-2-6/h5-6H,1-4H2. The fraction of sp³-hybridized carbons (Fsp3) is 1.00. The molecule has 0 aliphatic carbocycles. The van der Waals surface area contributed by atoms with E-state index in [1.54, 1.807) is 0 Å². The van der Waals surface area contributed by atoms with Gasteiger partial charge in [0.25, 0.3) is 0 Å². The van der Waals surface area contributed by atoms with Crippen LogP contribution in [0.4, 0.5) is 0 Å². The van der Waals surface area contributed by atoms with E-state index in [0.29, 0.717) is 0 Å². The molecule has 0 bridgehead atoms. The number of hydrogen-bond donors (Lipinski definition) is 2. The van der Waals surface area contributed by atoms with Crippen molar-refractivity contribution in [1.82, 2.24) is 0 Å². The summed E-state index contributed by atoms with van der Waals surface area (Å²) < 4.78 is 10.4. The van der Waals surface area contributed by atoms with Crippen molar-refractivity contribution >= 4 is 10.8 Å². The molecule has 0 saturated carbocycles. The quantitative estimate of drug-likeness (QED) is 0.508. The molecule has 50 valence electrons. The molecule has 2 N–H and O–H groups in total. The zero-order valence-corrected chi connectivity index (χ0v) is 5.36. The smallest absolute Gasteiger partial charge is 0.0546 e. The second-order valence-electron chi connectivity index (χ2n) is 1.30. The first-order valence-corrected chi connectivity index (χ1v) is 3.86. The predicted octanol–water partition coefficient (Wildman–Crippen LogP) is -1.28. The Kier molecular flexibility index (Phi) is 5.26. The molecule has 0 unspecified atom stereocenters. The molecular formula is C4H10O3S. The Morgan fingerprint density at radius 2 is 1.50 bits per heavy atom. The highest BCUT2D eigenvalue weighted by atomic mass is 32.2. The van der Waals surface area contributed by atoms with Crippen LogP contribution in [0.1, 0.15) is 0 Å². The van der Waals surface area contributed by atoms with E-state index in [1.807, 2.05) is 0 Å². The molecule has 0 aliphatic heterocycles. The molecule has 4 heteroatoms. The number of aliphatic hydroxyl groups excluding tert-OH is 2. The SMILES string of the molecule is O=S(CCO)CCO. The van der Waals surface area contributed by atoms with Gasteiger partial charge in [-0.1, -0.05) is 0 Å². The van der Waals surface area contributed by atoms with Crippen LogP contribution in [0, 0.1) is 0 Å². The summed E-state index contributed by atoms with van der Waals surface area (Å²) in [6.45, 7) is -0.126. The van der Waals surface area contributed by atoms with E-state index in [1.165, 1.54) is 0 Å². The second kappa shape index (κ2) is 5.21. The second-order valence-corrected chi connectivity index (χ2v) is 2.99. The lowest BCUT2D eigenvalue weighted by atomic mass is 10.9. The minimum atomic E-state index is -1.02. The van der Waals surface area contributed by atoms with Crippen molar-refractivity contribution in [2.75, 3.05) is 24.7 Å². The average Bonchev–Trinajstić information content (AvgIpc) is 1.68. The molecule has 3 nitrogen and oxygen atoms in total. The average molecular weight is 138 g/mol. The van der Waals surface area contributed by atoms with E-state index in [9.17, 15) is 4.21 Å². The molecule has 0 fully saturated rings. The van der Waals surface area contributed by atoms with E-state index in [4.69, 9.17) is 10.2 Å². The molecule has 0 aliphatic rings. The van der Waals surface area contributed by atoms with Crippen LogP contribution >= 0.6 is 0 Å².